The zero-order valence-corrected chi connectivity index (χ0v) is 13.0. The number of allylic oxidation sites excluding steroid dienone is 1. The Kier molecular flexibility index (Phi) is 5.57. The molecule has 0 aromatic heterocycles. The highest BCUT2D eigenvalue weighted by molar-refractivity contribution is 5.92. The molecular weight excluding hydrogens is 284 g/mol. The predicted molar refractivity (Wildman–Crippen MR) is 81.1 cm³/mol. The Morgan fingerprint density at radius 1 is 1.18 bits per heavy atom. The zero-order chi connectivity index (χ0) is 16.1. The fraction of sp³-hybridized carbons (Fsp3) is 0.688. The molecule has 6 nitrogen and oxygen atoms in total. The van der Waals surface area contributed by atoms with Crippen molar-refractivity contribution in [3.05, 3.63) is 11.6 Å². The number of carbonyl (C=O) groups is 3. The van der Waals surface area contributed by atoms with Gasteiger partial charge >= 0.3 is 5.97 Å². The molecule has 2 rings (SSSR count). The standard InChI is InChI=1S/C16H24N2O4/c1-17-15(20)12-7-8-13(16(21)22)18(10-12)14(19)9-11-5-3-2-4-6-11/h9,12-13H,2-8,10H2,1H3,(H,17,20)(H,21,22)/t12-,13-/m0/s1. The quantitative estimate of drug-likeness (QED) is 0.770. The maximum Gasteiger partial charge on any atom is 0.326 e. The highest BCUT2D eigenvalue weighted by Crippen LogP contribution is 2.26. The molecule has 1 aliphatic heterocycles. The molecule has 1 heterocycles. The molecule has 0 bridgehead atoms. The number of likely N-dealkylation sites (tertiary alicyclic amines) is 1. The lowest BCUT2D eigenvalue weighted by molar-refractivity contribution is -0.152. The summed E-state index contributed by atoms with van der Waals surface area (Å²) in [6.45, 7) is 0.180. The summed E-state index contributed by atoms with van der Waals surface area (Å²) in [6, 6.07) is -0.825. The van der Waals surface area contributed by atoms with Crippen LogP contribution in [0.15, 0.2) is 11.6 Å². The smallest absolute Gasteiger partial charge is 0.326 e. The number of piperidine rings is 1. The minimum Gasteiger partial charge on any atom is -0.480 e. The molecular formula is C16H24N2O4. The van der Waals surface area contributed by atoms with Crippen LogP contribution < -0.4 is 5.32 Å². The van der Waals surface area contributed by atoms with Crippen LogP contribution >= 0.6 is 0 Å². The van der Waals surface area contributed by atoms with Crippen LogP contribution in [0.4, 0.5) is 0 Å². The van der Waals surface area contributed by atoms with E-state index >= 15 is 0 Å². The first-order chi connectivity index (χ1) is 10.5. The van der Waals surface area contributed by atoms with Crippen LogP contribution in [0.25, 0.3) is 0 Å². The minimum absolute atomic E-state index is 0.132. The summed E-state index contributed by atoms with van der Waals surface area (Å²) >= 11 is 0. The Labute approximate surface area is 130 Å². The van der Waals surface area contributed by atoms with E-state index in [1.807, 2.05) is 0 Å². The van der Waals surface area contributed by atoms with E-state index in [-0.39, 0.29) is 24.3 Å². The minimum atomic E-state index is -0.995. The normalized spacial score (nSPS) is 25.5. The van der Waals surface area contributed by atoms with Gasteiger partial charge in [0.1, 0.15) is 6.04 Å². The molecule has 1 aliphatic carbocycles. The van der Waals surface area contributed by atoms with E-state index in [2.05, 4.69) is 5.32 Å². The summed E-state index contributed by atoms with van der Waals surface area (Å²) in [5.41, 5.74) is 1.10. The number of aliphatic carboxylic acids is 1. The molecule has 2 N–H and O–H groups in total. The molecule has 0 aromatic carbocycles. The third-order valence-electron chi connectivity index (χ3n) is 4.59. The lowest BCUT2D eigenvalue weighted by atomic mass is 9.91. The van der Waals surface area contributed by atoms with Gasteiger partial charge in [-0.05, 0) is 38.5 Å². The number of hydrogen-bond donors (Lipinski definition) is 2. The van der Waals surface area contributed by atoms with Crippen molar-refractivity contribution in [1.29, 1.82) is 0 Å². The highest BCUT2D eigenvalue weighted by Gasteiger charge is 2.37. The van der Waals surface area contributed by atoms with E-state index < -0.39 is 12.0 Å². The van der Waals surface area contributed by atoms with Crippen LogP contribution in [0.3, 0.4) is 0 Å². The number of amides is 2. The van der Waals surface area contributed by atoms with E-state index in [1.54, 1.807) is 13.1 Å². The summed E-state index contributed by atoms with van der Waals surface area (Å²) in [7, 11) is 1.56. The second-order valence-electron chi connectivity index (χ2n) is 6.10. The van der Waals surface area contributed by atoms with Crippen molar-refractivity contribution in [2.45, 2.75) is 51.0 Å². The van der Waals surface area contributed by atoms with Crippen molar-refractivity contribution in [3.63, 3.8) is 0 Å². The van der Waals surface area contributed by atoms with Crippen LogP contribution in [0.5, 0.6) is 0 Å². The number of nitrogens with zero attached hydrogens (tertiary/aromatic N) is 1. The third-order valence-corrected chi connectivity index (χ3v) is 4.59. The number of carboxylic acid groups (broad SMARTS) is 1. The van der Waals surface area contributed by atoms with E-state index in [0.29, 0.717) is 12.8 Å². The van der Waals surface area contributed by atoms with E-state index in [9.17, 15) is 19.5 Å². The Morgan fingerprint density at radius 2 is 1.86 bits per heavy atom. The Hall–Kier alpha value is -1.85. The first-order valence-corrected chi connectivity index (χ1v) is 7.97. The molecule has 1 saturated carbocycles. The number of hydrogen-bond acceptors (Lipinski definition) is 3. The van der Waals surface area contributed by atoms with E-state index in [0.717, 1.165) is 31.3 Å². The van der Waals surface area contributed by atoms with Crippen molar-refractivity contribution in [3.8, 4) is 0 Å². The zero-order valence-electron chi connectivity index (χ0n) is 13.0. The number of carbonyl (C=O) groups excluding carboxylic acids is 2. The van der Waals surface area contributed by atoms with Gasteiger partial charge in [-0.2, -0.15) is 0 Å². The van der Waals surface area contributed by atoms with Gasteiger partial charge in [0.05, 0.1) is 5.92 Å². The lowest BCUT2D eigenvalue weighted by Crippen LogP contribution is -2.52. The average Bonchev–Trinajstić information content (AvgIpc) is 2.54. The van der Waals surface area contributed by atoms with Crippen LogP contribution in [0.2, 0.25) is 0 Å². The largest absolute Gasteiger partial charge is 0.480 e. The van der Waals surface area contributed by atoms with Crippen LogP contribution in [0, 0.1) is 5.92 Å². The average molecular weight is 308 g/mol. The molecule has 2 aliphatic rings. The fourth-order valence-electron chi connectivity index (χ4n) is 3.30. The number of nitrogens with one attached hydrogen (secondary N) is 1. The Morgan fingerprint density at radius 3 is 2.45 bits per heavy atom. The van der Waals surface area contributed by atoms with E-state index in [1.165, 1.54) is 11.3 Å². The summed E-state index contributed by atoms with van der Waals surface area (Å²) in [4.78, 5) is 37.0. The van der Waals surface area contributed by atoms with E-state index in [4.69, 9.17) is 0 Å². The predicted octanol–water partition coefficient (Wildman–Crippen LogP) is 1.31. The SMILES string of the molecule is CNC(=O)[C@H]1CC[C@@H](C(=O)O)N(C(=O)C=C2CCCCC2)C1. The van der Waals surface area contributed by atoms with Crippen molar-refractivity contribution in [2.24, 2.45) is 5.92 Å². The van der Waals surface area contributed by atoms with Gasteiger partial charge < -0.3 is 15.3 Å². The summed E-state index contributed by atoms with van der Waals surface area (Å²) < 4.78 is 0. The monoisotopic (exact) mass is 308 g/mol. The summed E-state index contributed by atoms with van der Waals surface area (Å²) in [5.74, 6) is -1.72. The van der Waals surface area contributed by atoms with Gasteiger partial charge in [0, 0.05) is 19.7 Å². The number of carboxylic acids is 1. The third kappa shape index (κ3) is 3.87. The van der Waals surface area contributed by atoms with Crippen molar-refractivity contribution in [2.75, 3.05) is 13.6 Å². The van der Waals surface area contributed by atoms with Gasteiger partial charge in [0.25, 0.3) is 0 Å². The Balaban J connectivity index is 2.12. The molecule has 1 saturated heterocycles. The van der Waals surface area contributed by atoms with Crippen molar-refractivity contribution in [1.82, 2.24) is 10.2 Å². The molecule has 0 unspecified atom stereocenters. The second-order valence-corrected chi connectivity index (χ2v) is 6.10. The number of rotatable bonds is 3. The molecule has 6 heteroatoms. The fourth-order valence-corrected chi connectivity index (χ4v) is 3.30. The molecule has 22 heavy (non-hydrogen) atoms. The van der Waals surface area contributed by atoms with Gasteiger partial charge in [0.2, 0.25) is 11.8 Å². The van der Waals surface area contributed by atoms with Gasteiger partial charge in [-0.15, -0.1) is 0 Å². The topological polar surface area (TPSA) is 86.7 Å². The summed E-state index contributed by atoms with van der Waals surface area (Å²) in [5, 5.41) is 11.9. The lowest BCUT2D eigenvalue weighted by Gasteiger charge is -2.36. The first-order valence-electron chi connectivity index (χ1n) is 7.97. The molecule has 2 atom stereocenters. The molecule has 0 aromatic rings. The molecule has 0 radical (unpaired) electrons. The van der Waals surface area contributed by atoms with Gasteiger partial charge in [-0.25, -0.2) is 4.79 Å². The molecule has 2 fully saturated rings. The van der Waals surface area contributed by atoms with Gasteiger partial charge in [-0.3, -0.25) is 9.59 Å². The van der Waals surface area contributed by atoms with Crippen molar-refractivity contribution >= 4 is 17.8 Å². The van der Waals surface area contributed by atoms with Gasteiger partial charge in [0.15, 0.2) is 0 Å². The van der Waals surface area contributed by atoms with Crippen LogP contribution in [-0.4, -0.2) is 47.4 Å². The van der Waals surface area contributed by atoms with Crippen LogP contribution in [-0.2, 0) is 14.4 Å². The highest BCUT2D eigenvalue weighted by atomic mass is 16.4. The molecule has 2 amide bonds. The maximum absolute atomic E-state index is 12.5. The van der Waals surface area contributed by atoms with Crippen LogP contribution in [0.1, 0.15) is 44.9 Å². The second kappa shape index (κ2) is 7.42. The molecule has 122 valence electrons. The van der Waals surface area contributed by atoms with Gasteiger partial charge in [-0.1, -0.05) is 12.0 Å². The Bertz CT molecular complexity index is 479. The molecule has 0 spiro atoms. The summed E-state index contributed by atoms with van der Waals surface area (Å²) in [6.07, 6.45) is 7.60. The first kappa shape index (κ1) is 16.5. The van der Waals surface area contributed by atoms with Crippen molar-refractivity contribution < 1.29 is 19.5 Å². The maximum atomic E-state index is 12.5.